The highest BCUT2D eigenvalue weighted by Crippen LogP contribution is 2.25. The van der Waals surface area contributed by atoms with E-state index >= 15 is 0 Å². The zero-order chi connectivity index (χ0) is 15.5. The second kappa shape index (κ2) is 8.47. The number of carbonyl (C=O) groups is 1. The second-order valence-corrected chi connectivity index (χ2v) is 8.15. The standard InChI is InChI=1S/C14H27N3O3S.ClH/c1-2-9-21(19,20)17-7-4-3-5-13(17)14(18)16-8-6-12(10-15)11-16;/h12-13H,2-11,15H2,1H3;1H. The van der Waals surface area contributed by atoms with E-state index < -0.39 is 16.1 Å². The lowest BCUT2D eigenvalue weighted by Gasteiger charge is -2.35. The molecule has 2 heterocycles. The summed E-state index contributed by atoms with van der Waals surface area (Å²) in [4.78, 5) is 14.5. The van der Waals surface area contributed by atoms with Gasteiger partial charge in [0.25, 0.3) is 0 Å². The van der Waals surface area contributed by atoms with Crippen LogP contribution in [0.5, 0.6) is 0 Å². The number of nitrogens with zero attached hydrogens (tertiary/aromatic N) is 2. The molecule has 8 heteroatoms. The van der Waals surface area contributed by atoms with Crippen molar-refractivity contribution in [3.8, 4) is 0 Å². The van der Waals surface area contributed by atoms with Crippen molar-refractivity contribution in [1.29, 1.82) is 0 Å². The largest absolute Gasteiger partial charge is 0.341 e. The van der Waals surface area contributed by atoms with Gasteiger partial charge in [-0.15, -0.1) is 12.4 Å². The molecule has 2 saturated heterocycles. The first-order valence-electron chi connectivity index (χ1n) is 7.98. The van der Waals surface area contributed by atoms with Crippen molar-refractivity contribution >= 4 is 28.3 Å². The van der Waals surface area contributed by atoms with Crippen LogP contribution in [0, 0.1) is 5.92 Å². The zero-order valence-corrected chi connectivity index (χ0v) is 14.9. The average molecular weight is 354 g/mol. The number of likely N-dealkylation sites (tertiary alicyclic amines) is 1. The third-order valence-electron chi connectivity index (χ3n) is 4.49. The fraction of sp³-hybridized carbons (Fsp3) is 0.929. The lowest BCUT2D eigenvalue weighted by Crippen LogP contribution is -2.53. The lowest BCUT2D eigenvalue weighted by molar-refractivity contribution is -0.135. The van der Waals surface area contributed by atoms with Crippen LogP contribution in [0.15, 0.2) is 0 Å². The van der Waals surface area contributed by atoms with Crippen LogP contribution in [0.1, 0.15) is 39.0 Å². The molecule has 0 bridgehead atoms. The van der Waals surface area contributed by atoms with Gasteiger partial charge in [0, 0.05) is 19.6 Å². The number of amides is 1. The van der Waals surface area contributed by atoms with Crippen LogP contribution in [0.2, 0.25) is 0 Å². The van der Waals surface area contributed by atoms with E-state index in [0.717, 1.165) is 19.3 Å². The molecule has 22 heavy (non-hydrogen) atoms. The molecule has 0 aromatic rings. The number of nitrogens with two attached hydrogens (primary N) is 1. The van der Waals surface area contributed by atoms with E-state index in [1.54, 1.807) is 0 Å². The lowest BCUT2D eigenvalue weighted by atomic mass is 10.0. The molecule has 2 rings (SSSR count). The predicted molar refractivity (Wildman–Crippen MR) is 89.4 cm³/mol. The summed E-state index contributed by atoms with van der Waals surface area (Å²) in [6.07, 6.45) is 3.92. The SMILES string of the molecule is CCCS(=O)(=O)N1CCCCC1C(=O)N1CCC(CN)C1.Cl. The van der Waals surface area contributed by atoms with Crippen LogP contribution in [0.25, 0.3) is 0 Å². The van der Waals surface area contributed by atoms with Gasteiger partial charge >= 0.3 is 0 Å². The van der Waals surface area contributed by atoms with Crippen molar-refractivity contribution in [2.75, 3.05) is 31.9 Å². The van der Waals surface area contributed by atoms with Gasteiger partial charge < -0.3 is 10.6 Å². The fourth-order valence-electron chi connectivity index (χ4n) is 3.30. The van der Waals surface area contributed by atoms with Gasteiger partial charge in [-0.2, -0.15) is 4.31 Å². The normalized spacial score (nSPS) is 26.7. The molecular formula is C14H28ClN3O3S. The fourth-order valence-corrected chi connectivity index (χ4v) is 5.04. The van der Waals surface area contributed by atoms with Crippen LogP contribution in [-0.4, -0.2) is 61.5 Å². The van der Waals surface area contributed by atoms with Crippen LogP contribution in [-0.2, 0) is 14.8 Å². The number of carbonyl (C=O) groups excluding carboxylic acids is 1. The highest BCUT2D eigenvalue weighted by molar-refractivity contribution is 7.89. The number of piperidine rings is 1. The monoisotopic (exact) mass is 353 g/mol. The molecule has 6 nitrogen and oxygen atoms in total. The van der Waals surface area contributed by atoms with Crippen molar-refractivity contribution in [2.24, 2.45) is 11.7 Å². The molecule has 2 N–H and O–H groups in total. The maximum atomic E-state index is 12.7. The van der Waals surface area contributed by atoms with Crippen LogP contribution in [0.3, 0.4) is 0 Å². The Morgan fingerprint density at radius 1 is 1.23 bits per heavy atom. The highest BCUT2D eigenvalue weighted by atomic mass is 35.5. The van der Waals surface area contributed by atoms with Gasteiger partial charge in [-0.3, -0.25) is 4.79 Å². The molecule has 2 unspecified atom stereocenters. The van der Waals surface area contributed by atoms with Gasteiger partial charge in [-0.25, -0.2) is 8.42 Å². The summed E-state index contributed by atoms with van der Waals surface area (Å²) < 4.78 is 26.2. The summed E-state index contributed by atoms with van der Waals surface area (Å²) in [5, 5.41) is 0. The van der Waals surface area contributed by atoms with E-state index in [1.165, 1.54) is 4.31 Å². The molecule has 2 aliphatic rings. The van der Waals surface area contributed by atoms with Crippen molar-refractivity contribution in [2.45, 2.75) is 45.1 Å². The maximum Gasteiger partial charge on any atom is 0.241 e. The molecule has 0 aliphatic carbocycles. The molecule has 0 radical (unpaired) electrons. The minimum Gasteiger partial charge on any atom is -0.341 e. The van der Waals surface area contributed by atoms with E-state index in [4.69, 9.17) is 5.73 Å². The summed E-state index contributed by atoms with van der Waals surface area (Å²) in [7, 11) is -3.32. The molecule has 130 valence electrons. The number of hydrogen-bond acceptors (Lipinski definition) is 4. The van der Waals surface area contributed by atoms with Crippen LogP contribution >= 0.6 is 12.4 Å². The molecule has 2 fully saturated rings. The second-order valence-electron chi connectivity index (χ2n) is 6.11. The average Bonchev–Trinajstić information content (AvgIpc) is 2.95. The zero-order valence-electron chi connectivity index (χ0n) is 13.2. The predicted octanol–water partition coefficient (Wildman–Crippen LogP) is 0.810. The summed E-state index contributed by atoms with van der Waals surface area (Å²) in [6.45, 7) is 4.30. The third-order valence-corrected chi connectivity index (χ3v) is 6.56. The number of halogens is 1. The van der Waals surface area contributed by atoms with Gasteiger partial charge in [-0.05, 0) is 38.1 Å². The Balaban J connectivity index is 0.00000242. The first-order chi connectivity index (χ1) is 9.99. The van der Waals surface area contributed by atoms with Gasteiger partial charge in [-0.1, -0.05) is 13.3 Å². The Bertz CT molecular complexity index is 472. The topological polar surface area (TPSA) is 83.7 Å². The Labute approximate surface area is 139 Å². The number of hydrogen-bond donors (Lipinski definition) is 1. The maximum absolute atomic E-state index is 12.7. The first-order valence-corrected chi connectivity index (χ1v) is 9.59. The minimum absolute atomic E-state index is 0. The minimum atomic E-state index is -3.32. The Hall–Kier alpha value is -0.370. The Morgan fingerprint density at radius 3 is 2.55 bits per heavy atom. The quantitative estimate of drug-likeness (QED) is 0.792. The molecular weight excluding hydrogens is 326 g/mol. The highest BCUT2D eigenvalue weighted by Gasteiger charge is 2.39. The van der Waals surface area contributed by atoms with Gasteiger partial charge in [0.1, 0.15) is 6.04 Å². The smallest absolute Gasteiger partial charge is 0.241 e. The van der Waals surface area contributed by atoms with E-state index in [9.17, 15) is 13.2 Å². The van der Waals surface area contributed by atoms with Crippen molar-refractivity contribution in [3.63, 3.8) is 0 Å². The number of rotatable bonds is 5. The summed E-state index contributed by atoms with van der Waals surface area (Å²) in [5.41, 5.74) is 5.67. The Kier molecular flexibility index (Phi) is 7.58. The van der Waals surface area contributed by atoms with Gasteiger partial charge in [0.05, 0.1) is 5.75 Å². The summed E-state index contributed by atoms with van der Waals surface area (Å²) >= 11 is 0. The van der Waals surface area contributed by atoms with Crippen molar-refractivity contribution < 1.29 is 13.2 Å². The molecule has 0 aromatic carbocycles. The van der Waals surface area contributed by atoms with E-state index in [-0.39, 0.29) is 24.1 Å². The molecule has 0 spiro atoms. The van der Waals surface area contributed by atoms with Crippen LogP contribution < -0.4 is 5.73 Å². The third kappa shape index (κ3) is 4.34. The molecule has 1 amide bonds. The van der Waals surface area contributed by atoms with Crippen molar-refractivity contribution in [1.82, 2.24) is 9.21 Å². The summed E-state index contributed by atoms with van der Waals surface area (Å²) in [6, 6.07) is -0.494. The van der Waals surface area contributed by atoms with E-state index in [1.807, 2.05) is 11.8 Å². The molecule has 2 atom stereocenters. The van der Waals surface area contributed by atoms with Gasteiger partial charge in [0.2, 0.25) is 15.9 Å². The molecule has 0 aromatic heterocycles. The first kappa shape index (κ1) is 19.7. The van der Waals surface area contributed by atoms with Crippen LogP contribution in [0.4, 0.5) is 0 Å². The van der Waals surface area contributed by atoms with Crippen molar-refractivity contribution in [3.05, 3.63) is 0 Å². The molecule has 0 saturated carbocycles. The Morgan fingerprint density at radius 2 is 1.95 bits per heavy atom. The number of sulfonamides is 1. The van der Waals surface area contributed by atoms with E-state index in [2.05, 4.69) is 0 Å². The summed E-state index contributed by atoms with van der Waals surface area (Å²) in [5.74, 6) is 0.464. The molecule has 2 aliphatic heterocycles. The van der Waals surface area contributed by atoms with Gasteiger partial charge in [0.15, 0.2) is 0 Å². The van der Waals surface area contributed by atoms with E-state index in [0.29, 0.717) is 44.9 Å².